The number of allylic oxidation sites excluding steroid dienone is 3. The Balaban J connectivity index is 2.10. The summed E-state index contributed by atoms with van der Waals surface area (Å²) >= 11 is 0. The van der Waals surface area contributed by atoms with Crippen LogP contribution in [0.3, 0.4) is 0 Å². The number of rotatable bonds is 10. The van der Waals surface area contributed by atoms with Gasteiger partial charge in [0.1, 0.15) is 6.61 Å². The number of carbonyl (C=O) groups is 1. The summed E-state index contributed by atoms with van der Waals surface area (Å²) in [4.78, 5) is 12.4. The van der Waals surface area contributed by atoms with Crippen molar-refractivity contribution in [2.24, 2.45) is 0 Å². The Morgan fingerprint density at radius 1 is 1.04 bits per heavy atom. The fourth-order valence-electron chi connectivity index (χ4n) is 2.61. The molecule has 0 saturated heterocycles. The first-order valence-corrected chi connectivity index (χ1v) is 10.4. The normalized spacial score (nSPS) is 12.6. The smallest absolute Gasteiger partial charge is 0.338 e. The van der Waals surface area contributed by atoms with Crippen molar-refractivity contribution in [3.8, 4) is 0 Å². The first-order valence-electron chi connectivity index (χ1n) is 8.84. The minimum atomic E-state index is -3.59. The Morgan fingerprint density at radius 3 is 2.30 bits per heavy atom. The van der Waals surface area contributed by atoms with Gasteiger partial charge in [0.05, 0.1) is 15.7 Å². The maximum Gasteiger partial charge on any atom is 0.338 e. The molecule has 0 aliphatic heterocycles. The molecule has 2 aromatic rings. The van der Waals surface area contributed by atoms with Gasteiger partial charge >= 0.3 is 5.97 Å². The molecule has 27 heavy (non-hydrogen) atoms. The van der Waals surface area contributed by atoms with E-state index in [1.807, 2.05) is 12.2 Å². The molecule has 0 bridgehead atoms. The van der Waals surface area contributed by atoms with Crippen LogP contribution in [0.15, 0.2) is 90.4 Å². The van der Waals surface area contributed by atoms with Crippen molar-refractivity contribution >= 4 is 15.8 Å². The lowest BCUT2D eigenvalue weighted by molar-refractivity contribution is 0.0501. The van der Waals surface area contributed by atoms with Gasteiger partial charge in [-0.15, -0.1) is 0 Å². The van der Waals surface area contributed by atoms with Crippen LogP contribution in [0, 0.1) is 0 Å². The average molecular weight is 384 g/mol. The van der Waals surface area contributed by atoms with Crippen LogP contribution in [0.2, 0.25) is 0 Å². The predicted octanol–water partition coefficient (Wildman–Crippen LogP) is 4.60. The lowest BCUT2D eigenvalue weighted by atomic mass is 10.2. The monoisotopic (exact) mass is 384 g/mol. The number of benzene rings is 2. The van der Waals surface area contributed by atoms with Crippen LogP contribution in [0.4, 0.5) is 0 Å². The molecule has 1 atom stereocenters. The quantitative estimate of drug-likeness (QED) is 0.341. The number of hydrogen-bond acceptors (Lipinski definition) is 4. The molecule has 0 aliphatic rings. The van der Waals surface area contributed by atoms with Crippen LogP contribution in [0.5, 0.6) is 0 Å². The van der Waals surface area contributed by atoms with E-state index in [1.165, 1.54) is 0 Å². The zero-order valence-corrected chi connectivity index (χ0v) is 16.0. The molecule has 2 aromatic carbocycles. The van der Waals surface area contributed by atoms with Gasteiger partial charge in [-0.3, -0.25) is 0 Å². The van der Waals surface area contributed by atoms with Crippen LogP contribution < -0.4 is 0 Å². The summed E-state index contributed by atoms with van der Waals surface area (Å²) in [5.74, 6) is -0.518. The fraction of sp³-hybridized carbons (Fsp3) is 0.227. The van der Waals surface area contributed by atoms with Gasteiger partial charge < -0.3 is 4.74 Å². The van der Waals surface area contributed by atoms with Gasteiger partial charge in [0.15, 0.2) is 9.84 Å². The summed E-state index contributed by atoms with van der Waals surface area (Å²) in [6.45, 7) is 3.44. The van der Waals surface area contributed by atoms with Crippen molar-refractivity contribution in [2.45, 2.75) is 29.4 Å². The van der Waals surface area contributed by atoms with E-state index in [2.05, 4.69) is 6.58 Å². The zero-order chi connectivity index (χ0) is 19.5. The molecule has 0 saturated carbocycles. The standard InChI is InChI=1S/C22H24O4S/c1-2-3-4-5-10-17-21(27(24,25)20-15-11-7-12-16-20)18-26-22(23)19-13-8-6-9-14-19/h2-4,6-9,11-16,21H,1,5,10,17-18H2/b4-3+. The molecule has 5 heteroatoms. The van der Waals surface area contributed by atoms with Gasteiger partial charge in [-0.25, -0.2) is 13.2 Å². The third-order valence-corrected chi connectivity index (χ3v) is 6.27. The minimum Gasteiger partial charge on any atom is -0.461 e. The first-order chi connectivity index (χ1) is 13.1. The molecule has 0 radical (unpaired) electrons. The molecule has 0 fully saturated rings. The molecule has 1 unspecified atom stereocenters. The predicted molar refractivity (Wildman–Crippen MR) is 107 cm³/mol. The van der Waals surface area contributed by atoms with Gasteiger partial charge in [0.2, 0.25) is 0 Å². The van der Waals surface area contributed by atoms with Crippen molar-refractivity contribution in [2.75, 3.05) is 6.61 Å². The highest BCUT2D eigenvalue weighted by molar-refractivity contribution is 7.92. The lowest BCUT2D eigenvalue weighted by Crippen LogP contribution is -2.28. The molecule has 0 spiro atoms. The number of carbonyl (C=O) groups excluding carboxylic acids is 1. The maximum atomic E-state index is 13.0. The van der Waals surface area contributed by atoms with Crippen molar-refractivity contribution in [1.29, 1.82) is 0 Å². The van der Waals surface area contributed by atoms with E-state index >= 15 is 0 Å². The summed E-state index contributed by atoms with van der Waals surface area (Å²) in [6.07, 6.45) is 7.26. The van der Waals surface area contributed by atoms with Gasteiger partial charge in [0.25, 0.3) is 0 Å². The summed E-state index contributed by atoms with van der Waals surface area (Å²) in [7, 11) is -3.59. The van der Waals surface area contributed by atoms with Crippen molar-refractivity contribution < 1.29 is 17.9 Å². The van der Waals surface area contributed by atoms with Gasteiger partial charge in [-0.2, -0.15) is 0 Å². The topological polar surface area (TPSA) is 60.4 Å². The second kappa shape index (κ2) is 10.5. The fourth-order valence-corrected chi connectivity index (χ4v) is 4.26. The SMILES string of the molecule is C=C/C=C/CCCC(COC(=O)c1ccccc1)S(=O)(=O)c1ccccc1. The van der Waals surface area contributed by atoms with Crippen LogP contribution in [-0.4, -0.2) is 26.2 Å². The molecule has 4 nitrogen and oxygen atoms in total. The number of esters is 1. The van der Waals surface area contributed by atoms with E-state index in [9.17, 15) is 13.2 Å². The van der Waals surface area contributed by atoms with E-state index < -0.39 is 21.1 Å². The molecular weight excluding hydrogens is 360 g/mol. The van der Waals surface area contributed by atoms with Crippen LogP contribution >= 0.6 is 0 Å². The van der Waals surface area contributed by atoms with E-state index in [4.69, 9.17) is 4.74 Å². The molecule has 142 valence electrons. The third-order valence-electron chi connectivity index (χ3n) is 4.09. The highest BCUT2D eigenvalue weighted by atomic mass is 32.2. The lowest BCUT2D eigenvalue weighted by Gasteiger charge is -2.18. The summed E-state index contributed by atoms with van der Waals surface area (Å²) in [5, 5.41) is -0.787. The molecule has 0 aliphatic carbocycles. The second-order valence-electron chi connectivity index (χ2n) is 6.04. The summed E-state index contributed by atoms with van der Waals surface area (Å²) in [6, 6.07) is 16.8. The van der Waals surface area contributed by atoms with Gasteiger partial charge in [-0.1, -0.05) is 61.2 Å². The molecule has 2 rings (SSSR count). The summed E-state index contributed by atoms with van der Waals surface area (Å²) in [5.41, 5.74) is 0.405. The number of ether oxygens (including phenoxy) is 1. The van der Waals surface area contributed by atoms with E-state index in [1.54, 1.807) is 66.7 Å². The molecule has 0 amide bonds. The van der Waals surface area contributed by atoms with E-state index in [-0.39, 0.29) is 11.5 Å². The second-order valence-corrected chi connectivity index (χ2v) is 8.27. The minimum absolute atomic E-state index is 0.171. The highest BCUT2D eigenvalue weighted by Gasteiger charge is 2.28. The molecule has 0 N–H and O–H groups in total. The summed E-state index contributed by atoms with van der Waals surface area (Å²) < 4.78 is 31.3. The average Bonchev–Trinajstić information content (AvgIpc) is 2.71. The number of unbranched alkanes of at least 4 members (excludes halogenated alkanes) is 1. The third kappa shape index (κ3) is 6.22. The van der Waals surface area contributed by atoms with Crippen molar-refractivity contribution in [3.63, 3.8) is 0 Å². The Kier molecular flexibility index (Phi) is 8.01. The first kappa shape index (κ1) is 20.6. The molecular formula is C22H24O4S. The van der Waals surface area contributed by atoms with Crippen LogP contribution in [-0.2, 0) is 14.6 Å². The largest absolute Gasteiger partial charge is 0.461 e. The Hall–Kier alpha value is -2.66. The Bertz CT molecular complexity index is 856. The zero-order valence-electron chi connectivity index (χ0n) is 15.2. The van der Waals surface area contributed by atoms with E-state index in [0.717, 1.165) is 6.42 Å². The van der Waals surface area contributed by atoms with Crippen LogP contribution in [0.1, 0.15) is 29.6 Å². The molecule has 0 aromatic heterocycles. The van der Waals surface area contributed by atoms with Crippen molar-refractivity contribution in [1.82, 2.24) is 0 Å². The van der Waals surface area contributed by atoms with Gasteiger partial charge in [0, 0.05) is 0 Å². The van der Waals surface area contributed by atoms with Crippen LogP contribution in [0.25, 0.3) is 0 Å². The Morgan fingerprint density at radius 2 is 1.67 bits per heavy atom. The number of sulfone groups is 1. The van der Waals surface area contributed by atoms with Crippen molar-refractivity contribution in [3.05, 3.63) is 91.0 Å². The highest BCUT2D eigenvalue weighted by Crippen LogP contribution is 2.21. The molecule has 0 heterocycles. The number of hydrogen-bond donors (Lipinski definition) is 0. The van der Waals surface area contributed by atoms with Gasteiger partial charge in [-0.05, 0) is 43.5 Å². The Labute approximate surface area is 161 Å². The maximum absolute atomic E-state index is 13.0. The van der Waals surface area contributed by atoms with E-state index in [0.29, 0.717) is 18.4 Å².